The van der Waals surface area contributed by atoms with E-state index in [9.17, 15) is 0 Å². The molecule has 0 spiro atoms. The second-order valence-corrected chi connectivity index (χ2v) is 8.32. The van der Waals surface area contributed by atoms with Crippen molar-refractivity contribution in [2.45, 2.75) is 37.8 Å². The zero-order valence-electron chi connectivity index (χ0n) is 17.2. The molecule has 1 aliphatic heterocycles. The van der Waals surface area contributed by atoms with E-state index in [4.69, 9.17) is 21.1 Å². The van der Waals surface area contributed by atoms with Crippen LogP contribution in [0.4, 0.5) is 11.5 Å². The number of ether oxygens (including phenoxy) is 2. The van der Waals surface area contributed by atoms with Gasteiger partial charge in [0.05, 0.1) is 24.8 Å². The van der Waals surface area contributed by atoms with E-state index in [0.29, 0.717) is 11.2 Å². The van der Waals surface area contributed by atoms with Gasteiger partial charge >= 0.3 is 0 Å². The van der Waals surface area contributed by atoms with Crippen molar-refractivity contribution in [3.8, 4) is 5.75 Å². The van der Waals surface area contributed by atoms with E-state index in [1.54, 1.807) is 18.5 Å². The lowest BCUT2D eigenvalue weighted by Gasteiger charge is -2.31. The largest absolute Gasteiger partial charge is 0.488 e. The summed E-state index contributed by atoms with van der Waals surface area (Å²) < 4.78 is 12.0. The monoisotopic (exact) mass is 440 g/mol. The molecule has 0 bridgehead atoms. The molecule has 1 aliphatic carbocycles. The minimum atomic E-state index is 0.150. The molecule has 0 radical (unpaired) electrons. The van der Waals surface area contributed by atoms with Gasteiger partial charge in [0.2, 0.25) is 0 Å². The van der Waals surface area contributed by atoms with E-state index < -0.39 is 0 Å². The summed E-state index contributed by atoms with van der Waals surface area (Å²) >= 11 is 5.96. The number of rotatable bonds is 5. The number of nitrogens with zero attached hydrogens (tertiary/aromatic N) is 5. The van der Waals surface area contributed by atoms with Gasteiger partial charge in [-0.2, -0.15) is 0 Å². The van der Waals surface area contributed by atoms with Gasteiger partial charge in [-0.3, -0.25) is 4.98 Å². The molecule has 31 heavy (non-hydrogen) atoms. The maximum Gasteiger partial charge on any atom is 0.149 e. The van der Waals surface area contributed by atoms with E-state index in [1.165, 1.54) is 6.33 Å². The highest BCUT2D eigenvalue weighted by atomic mass is 35.5. The standard InChI is InChI=1S/C22H25ClN6O2/c23-20-13-21(27-14-26-20)28-15-1-3-17(4-2-15)31-19-12-16(29-7-9-30-10-8-29)11-18-22(19)25-6-5-24-18/h5-6,11-15,17H,1-4,7-10H2,(H,26,27,28). The minimum absolute atomic E-state index is 0.150. The fourth-order valence-corrected chi connectivity index (χ4v) is 4.40. The number of anilines is 2. The normalized spacial score (nSPS) is 21.8. The van der Waals surface area contributed by atoms with Crippen molar-refractivity contribution >= 4 is 34.1 Å². The summed E-state index contributed by atoms with van der Waals surface area (Å²) in [5.74, 6) is 1.58. The molecule has 1 saturated heterocycles. The van der Waals surface area contributed by atoms with Crippen LogP contribution in [0.25, 0.3) is 11.0 Å². The van der Waals surface area contributed by atoms with E-state index in [-0.39, 0.29) is 6.10 Å². The van der Waals surface area contributed by atoms with Crippen LogP contribution in [0.3, 0.4) is 0 Å². The third kappa shape index (κ3) is 4.80. The Kier molecular flexibility index (Phi) is 5.99. The van der Waals surface area contributed by atoms with Crippen molar-refractivity contribution in [2.75, 3.05) is 36.5 Å². The van der Waals surface area contributed by atoms with E-state index in [0.717, 1.165) is 80.3 Å². The SMILES string of the molecule is Clc1cc(NC2CCC(Oc3cc(N4CCOCC4)cc4nccnc34)CC2)ncn1. The Labute approximate surface area is 186 Å². The van der Waals surface area contributed by atoms with Gasteiger partial charge in [-0.1, -0.05) is 11.6 Å². The van der Waals surface area contributed by atoms with Crippen LogP contribution in [0.1, 0.15) is 25.7 Å². The molecule has 1 saturated carbocycles. The molecule has 0 unspecified atom stereocenters. The molecule has 8 nitrogen and oxygen atoms in total. The molecule has 162 valence electrons. The highest BCUT2D eigenvalue weighted by Crippen LogP contribution is 2.33. The fraction of sp³-hybridized carbons (Fsp3) is 0.455. The molecule has 0 atom stereocenters. The Balaban J connectivity index is 1.28. The number of aromatic nitrogens is 4. The fourth-order valence-electron chi connectivity index (χ4n) is 4.25. The zero-order chi connectivity index (χ0) is 21.0. The lowest BCUT2D eigenvalue weighted by molar-refractivity contribution is 0.122. The summed E-state index contributed by atoms with van der Waals surface area (Å²) in [5, 5.41) is 3.90. The Morgan fingerprint density at radius 3 is 2.58 bits per heavy atom. The molecule has 2 fully saturated rings. The van der Waals surface area contributed by atoms with Crippen molar-refractivity contribution < 1.29 is 9.47 Å². The molecule has 5 rings (SSSR count). The summed E-state index contributed by atoms with van der Waals surface area (Å²) in [6.45, 7) is 3.22. The van der Waals surface area contributed by atoms with Crippen LogP contribution in [0.5, 0.6) is 5.75 Å². The van der Waals surface area contributed by atoms with Crippen molar-refractivity contribution in [1.82, 2.24) is 19.9 Å². The van der Waals surface area contributed by atoms with E-state index in [2.05, 4.69) is 42.3 Å². The Morgan fingerprint density at radius 1 is 0.968 bits per heavy atom. The van der Waals surface area contributed by atoms with Crippen LogP contribution < -0.4 is 15.0 Å². The number of benzene rings is 1. The van der Waals surface area contributed by atoms with Crippen LogP contribution in [0.2, 0.25) is 5.15 Å². The van der Waals surface area contributed by atoms with Crippen LogP contribution in [0.15, 0.2) is 36.9 Å². The highest BCUT2D eigenvalue weighted by Gasteiger charge is 2.24. The summed E-state index contributed by atoms with van der Waals surface area (Å²) in [6, 6.07) is 6.30. The predicted octanol–water partition coefficient (Wildman–Crippen LogP) is 3.71. The average Bonchev–Trinajstić information content (AvgIpc) is 2.81. The first kappa shape index (κ1) is 20.2. The smallest absolute Gasteiger partial charge is 0.149 e. The molecule has 2 aromatic heterocycles. The number of halogens is 1. The molecular formula is C22H25ClN6O2. The molecule has 9 heteroatoms. The minimum Gasteiger partial charge on any atom is -0.488 e. The topological polar surface area (TPSA) is 85.3 Å². The number of hydrogen-bond acceptors (Lipinski definition) is 8. The zero-order valence-corrected chi connectivity index (χ0v) is 18.0. The lowest BCUT2D eigenvalue weighted by Crippen LogP contribution is -2.36. The van der Waals surface area contributed by atoms with E-state index in [1.807, 2.05) is 0 Å². The molecule has 1 aromatic carbocycles. The first-order valence-electron chi connectivity index (χ1n) is 10.7. The molecule has 2 aliphatic rings. The van der Waals surface area contributed by atoms with Crippen LogP contribution >= 0.6 is 11.6 Å². The molecule has 3 heterocycles. The Hall–Kier alpha value is -2.71. The van der Waals surface area contributed by atoms with Gasteiger partial charge in [0, 0.05) is 49.3 Å². The molecule has 0 amide bonds. The van der Waals surface area contributed by atoms with Gasteiger partial charge in [-0.05, 0) is 31.7 Å². The van der Waals surface area contributed by atoms with Gasteiger partial charge in [0.25, 0.3) is 0 Å². The molecule has 3 aromatic rings. The quantitative estimate of drug-likeness (QED) is 0.601. The number of fused-ring (bicyclic) bond motifs is 1. The van der Waals surface area contributed by atoms with Gasteiger partial charge in [-0.25, -0.2) is 15.0 Å². The third-order valence-corrected chi connectivity index (χ3v) is 6.06. The maximum absolute atomic E-state index is 6.48. The molecular weight excluding hydrogens is 416 g/mol. The van der Waals surface area contributed by atoms with Crippen LogP contribution in [-0.2, 0) is 4.74 Å². The first-order chi connectivity index (χ1) is 15.2. The summed E-state index contributed by atoms with van der Waals surface area (Å²) in [7, 11) is 0. The predicted molar refractivity (Wildman–Crippen MR) is 120 cm³/mol. The summed E-state index contributed by atoms with van der Waals surface area (Å²) in [5.41, 5.74) is 2.79. The van der Waals surface area contributed by atoms with Gasteiger partial charge in [0.1, 0.15) is 28.6 Å². The first-order valence-corrected chi connectivity index (χ1v) is 11.1. The van der Waals surface area contributed by atoms with Gasteiger partial charge in [-0.15, -0.1) is 0 Å². The van der Waals surface area contributed by atoms with Crippen LogP contribution in [0, 0.1) is 0 Å². The maximum atomic E-state index is 6.48. The Morgan fingerprint density at radius 2 is 1.77 bits per heavy atom. The second-order valence-electron chi connectivity index (χ2n) is 7.93. The summed E-state index contributed by atoms with van der Waals surface area (Å²) in [6.07, 6.45) is 8.99. The number of morpholine rings is 1. The summed E-state index contributed by atoms with van der Waals surface area (Å²) in [4.78, 5) is 19.6. The highest BCUT2D eigenvalue weighted by molar-refractivity contribution is 6.29. The molecule has 1 N–H and O–H groups in total. The van der Waals surface area contributed by atoms with Crippen molar-refractivity contribution in [1.29, 1.82) is 0 Å². The third-order valence-electron chi connectivity index (χ3n) is 5.85. The average molecular weight is 441 g/mol. The number of hydrogen-bond donors (Lipinski definition) is 1. The van der Waals surface area contributed by atoms with Crippen molar-refractivity contribution in [3.63, 3.8) is 0 Å². The van der Waals surface area contributed by atoms with Crippen molar-refractivity contribution in [3.05, 3.63) is 42.1 Å². The van der Waals surface area contributed by atoms with Gasteiger partial charge < -0.3 is 19.7 Å². The van der Waals surface area contributed by atoms with E-state index >= 15 is 0 Å². The van der Waals surface area contributed by atoms with Crippen LogP contribution in [-0.4, -0.2) is 58.4 Å². The second kappa shape index (κ2) is 9.20. The number of nitrogens with one attached hydrogen (secondary N) is 1. The Bertz CT molecular complexity index is 1040. The lowest BCUT2D eigenvalue weighted by atomic mass is 9.93. The van der Waals surface area contributed by atoms with Gasteiger partial charge in [0.15, 0.2) is 0 Å². The van der Waals surface area contributed by atoms with Crippen molar-refractivity contribution in [2.24, 2.45) is 0 Å².